The normalized spacial score (nSPS) is 10.2. The molecule has 0 aromatic heterocycles. The molecule has 0 heterocycles. The minimum absolute atomic E-state index is 0.128. The van der Waals surface area contributed by atoms with E-state index in [-0.39, 0.29) is 12.6 Å². The van der Waals surface area contributed by atoms with Gasteiger partial charge in [0.05, 0.1) is 13.3 Å². The van der Waals surface area contributed by atoms with Crippen molar-refractivity contribution < 1.29 is 13.9 Å². The first-order valence-corrected chi connectivity index (χ1v) is 11.6. The molecule has 0 aliphatic rings. The van der Waals surface area contributed by atoms with Gasteiger partial charge >= 0.3 is 5.97 Å². The molecule has 2 nitrogen and oxygen atoms in total. The SMILES string of the molecule is C=CC(=O)OCCCCCCCC.CCCCCCCCCCCCCF. The molecule has 0 fully saturated rings. The van der Waals surface area contributed by atoms with Gasteiger partial charge < -0.3 is 4.74 Å². The molecule has 0 spiro atoms. The first-order valence-electron chi connectivity index (χ1n) is 11.6. The predicted octanol–water partition coefficient (Wildman–Crippen LogP) is 8.34. The van der Waals surface area contributed by atoms with Gasteiger partial charge in [-0.3, -0.25) is 4.39 Å². The number of hydrogen-bond donors (Lipinski definition) is 0. The molecule has 27 heavy (non-hydrogen) atoms. The highest BCUT2D eigenvalue weighted by atomic mass is 19.1. The minimum atomic E-state index is -0.312. The number of carbonyl (C=O) groups is 1. The van der Waals surface area contributed by atoms with Gasteiger partial charge in [-0.05, 0) is 12.8 Å². The average molecular weight is 387 g/mol. The summed E-state index contributed by atoms with van der Waals surface area (Å²) >= 11 is 0. The highest BCUT2D eigenvalue weighted by Gasteiger charge is 1.95. The lowest BCUT2D eigenvalue weighted by molar-refractivity contribution is -0.137. The molecule has 0 N–H and O–H groups in total. The van der Waals surface area contributed by atoms with E-state index in [0.29, 0.717) is 6.61 Å². The summed E-state index contributed by atoms with van der Waals surface area (Å²) < 4.78 is 16.6. The summed E-state index contributed by atoms with van der Waals surface area (Å²) in [7, 11) is 0. The summed E-state index contributed by atoms with van der Waals surface area (Å²) in [5, 5.41) is 0. The van der Waals surface area contributed by atoms with E-state index >= 15 is 0 Å². The maximum atomic E-state index is 11.7. The van der Waals surface area contributed by atoms with Crippen molar-refractivity contribution in [2.75, 3.05) is 13.3 Å². The molecule has 0 aromatic carbocycles. The second-order valence-electron chi connectivity index (χ2n) is 7.36. The van der Waals surface area contributed by atoms with Crippen LogP contribution in [0.3, 0.4) is 0 Å². The zero-order valence-electron chi connectivity index (χ0n) is 18.4. The minimum Gasteiger partial charge on any atom is -0.463 e. The van der Waals surface area contributed by atoms with E-state index in [1.54, 1.807) is 0 Å². The third-order valence-corrected chi connectivity index (χ3v) is 4.65. The smallest absolute Gasteiger partial charge is 0.330 e. The zero-order valence-corrected chi connectivity index (χ0v) is 18.4. The van der Waals surface area contributed by atoms with Crippen LogP contribution in [0.15, 0.2) is 12.7 Å². The molecule has 0 radical (unpaired) electrons. The van der Waals surface area contributed by atoms with Gasteiger partial charge in [0.25, 0.3) is 0 Å². The number of halogens is 1. The van der Waals surface area contributed by atoms with Crippen molar-refractivity contribution >= 4 is 5.97 Å². The Hall–Kier alpha value is -0.860. The molecule has 0 atom stereocenters. The Morgan fingerprint density at radius 2 is 1.07 bits per heavy atom. The van der Waals surface area contributed by atoms with Crippen LogP contribution in [0.25, 0.3) is 0 Å². The van der Waals surface area contributed by atoms with E-state index in [4.69, 9.17) is 4.74 Å². The zero-order chi connectivity index (χ0) is 20.4. The lowest BCUT2D eigenvalue weighted by Gasteiger charge is -2.01. The van der Waals surface area contributed by atoms with Crippen LogP contribution < -0.4 is 0 Å². The van der Waals surface area contributed by atoms with Crippen LogP contribution in [-0.4, -0.2) is 19.3 Å². The Balaban J connectivity index is 0. The van der Waals surface area contributed by atoms with Gasteiger partial charge in [0.1, 0.15) is 0 Å². The number of ether oxygens (including phenoxy) is 1. The molecule has 162 valence electrons. The second kappa shape index (κ2) is 27.4. The van der Waals surface area contributed by atoms with E-state index in [1.165, 1.54) is 89.5 Å². The third-order valence-electron chi connectivity index (χ3n) is 4.65. The summed E-state index contributed by atoms with van der Waals surface area (Å²) in [6.07, 6.45) is 22.6. The maximum absolute atomic E-state index is 11.7. The monoisotopic (exact) mass is 386 g/mol. The maximum Gasteiger partial charge on any atom is 0.330 e. The van der Waals surface area contributed by atoms with E-state index in [9.17, 15) is 9.18 Å². The van der Waals surface area contributed by atoms with Crippen molar-refractivity contribution in [1.29, 1.82) is 0 Å². The Labute approximate surface area is 169 Å². The van der Waals surface area contributed by atoms with E-state index in [1.807, 2.05) is 0 Å². The van der Waals surface area contributed by atoms with Gasteiger partial charge in [-0.15, -0.1) is 0 Å². The topological polar surface area (TPSA) is 26.3 Å². The van der Waals surface area contributed by atoms with Gasteiger partial charge in [0, 0.05) is 6.08 Å². The number of alkyl halides is 1. The summed E-state index contributed by atoms with van der Waals surface area (Å²) in [6.45, 7) is 8.19. The Kier molecular flexibility index (Phi) is 28.7. The fraction of sp³-hybridized carbons (Fsp3) is 0.875. The van der Waals surface area contributed by atoms with E-state index in [0.717, 1.165) is 25.7 Å². The third kappa shape index (κ3) is 30.1. The highest BCUT2D eigenvalue weighted by molar-refractivity contribution is 5.81. The van der Waals surface area contributed by atoms with E-state index in [2.05, 4.69) is 20.4 Å². The average Bonchev–Trinajstić information content (AvgIpc) is 2.69. The van der Waals surface area contributed by atoms with Gasteiger partial charge in [-0.25, -0.2) is 4.79 Å². The van der Waals surface area contributed by atoms with Crippen LogP contribution in [0.1, 0.15) is 123 Å². The summed E-state index contributed by atoms with van der Waals surface area (Å²) in [6, 6.07) is 0. The van der Waals surface area contributed by atoms with Gasteiger partial charge in [0.2, 0.25) is 0 Å². The molecule has 0 bridgehead atoms. The molecular formula is C24H47FO2. The molecule has 0 saturated carbocycles. The van der Waals surface area contributed by atoms with Crippen LogP contribution in [0.4, 0.5) is 4.39 Å². The van der Waals surface area contributed by atoms with Gasteiger partial charge in [0.15, 0.2) is 0 Å². The van der Waals surface area contributed by atoms with Crippen LogP contribution >= 0.6 is 0 Å². The lowest BCUT2D eigenvalue weighted by Crippen LogP contribution is -2.01. The van der Waals surface area contributed by atoms with Gasteiger partial charge in [-0.1, -0.05) is 117 Å². The summed E-state index contributed by atoms with van der Waals surface area (Å²) in [5.74, 6) is -0.312. The molecule has 0 aliphatic heterocycles. The second-order valence-corrected chi connectivity index (χ2v) is 7.36. The van der Waals surface area contributed by atoms with Crippen molar-refractivity contribution in [3.8, 4) is 0 Å². The molecule has 0 rings (SSSR count). The highest BCUT2D eigenvalue weighted by Crippen LogP contribution is 2.11. The Bertz CT molecular complexity index is 280. The number of hydrogen-bond acceptors (Lipinski definition) is 2. The Morgan fingerprint density at radius 1 is 0.704 bits per heavy atom. The number of rotatable bonds is 19. The molecule has 3 heteroatoms. The van der Waals surface area contributed by atoms with Crippen molar-refractivity contribution in [3.63, 3.8) is 0 Å². The van der Waals surface area contributed by atoms with Crippen molar-refractivity contribution in [3.05, 3.63) is 12.7 Å². The van der Waals surface area contributed by atoms with Crippen LogP contribution in [0.5, 0.6) is 0 Å². The predicted molar refractivity (Wildman–Crippen MR) is 117 cm³/mol. The standard InChI is InChI=1S/C13H27F.C11H20O2/c1-2-3-4-5-6-7-8-9-10-11-12-13-14;1-3-5-6-7-8-9-10-13-11(12)4-2/h2-13H2,1H3;4H,2-3,5-10H2,1H3. The lowest BCUT2D eigenvalue weighted by atomic mass is 10.1. The van der Waals surface area contributed by atoms with Crippen molar-refractivity contribution in [2.24, 2.45) is 0 Å². The van der Waals surface area contributed by atoms with Crippen LogP contribution in [0, 0.1) is 0 Å². The fourth-order valence-corrected chi connectivity index (χ4v) is 2.87. The van der Waals surface area contributed by atoms with Crippen LogP contribution in [0.2, 0.25) is 0 Å². The molecular weight excluding hydrogens is 339 g/mol. The molecule has 0 amide bonds. The molecule has 0 aromatic rings. The quantitative estimate of drug-likeness (QED) is 0.127. The molecule has 0 aliphatic carbocycles. The van der Waals surface area contributed by atoms with Crippen molar-refractivity contribution in [1.82, 2.24) is 0 Å². The Morgan fingerprint density at radius 3 is 1.44 bits per heavy atom. The number of esters is 1. The molecule has 0 unspecified atom stereocenters. The summed E-state index contributed by atoms with van der Waals surface area (Å²) in [5.41, 5.74) is 0. The molecule has 0 saturated heterocycles. The number of carbonyl (C=O) groups excluding carboxylic acids is 1. The van der Waals surface area contributed by atoms with E-state index < -0.39 is 0 Å². The summed E-state index contributed by atoms with van der Waals surface area (Å²) in [4.78, 5) is 10.6. The first-order chi connectivity index (χ1) is 13.2. The van der Waals surface area contributed by atoms with Gasteiger partial charge in [-0.2, -0.15) is 0 Å². The van der Waals surface area contributed by atoms with Crippen molar-refractivity contribution in [2.45, 2.75) is 123 Å². The number of unbranched alkanes of at least 4 members (excludes halogenated alkanes) is 15. The fourth-order valence-electron chi connectivity index (χ4n) is 2.87. The van der Waals surface area contributed by atoms with Crippen LogP contribution in [-0.2, 0) is 9.53 Å². The largest absolute Gasteiger partial charge is 0.463 e. The first kappa shape index (κ1) is 28.4.